The Morgan fingerprint density at radius 3 is 1.29 bits per heavy atom. The Bertz CT molecular complexity index is 2030. The van der Waals surface area contributed by atoms with Gasteiger partial charge in [-0.05, 0) is 98.5 Å². The lowest BCUT2D eigenvalue weighted by Gasteiger charge is -2.29. The first kappa shape index (κ1) is 48.5. The number of sulfonamides is 2. The number of hydrogen-bond donors (Lipinski definition) is 4. The third kappa shape index (κ3) is 11.7. The molecule has 0 saturated carbocycles. The van der Waals surface area contributed by atoms with Crippen molar-refractivity contribution in [1.82, 2.24) is 18.8 Å². The van der Waals surface area contributed by atoms with E-state index in [2.05, 4.69) is 14.8 Å². The zero-order valence-corrected chi connectivity index (χ0v) is 34.5. The lowest BCUT2D eigenvalue weighted by molar-refractivity contribution is -0.149. The second-order valence-corrected chi connectivity index (χ2v) is 18.7. The molecule has 0 atom stereocenters. The van der Waals surface area contributed by atoms with Crippen LogP contribution in [-0.4, -0.2) is 136 Å². The predicted molar refractivity (Wildman–Crippen MR) is 204 cm³/mol. The van der Waals surface area contributed by atoms with Gasteiger partial charge >= 0.3 is 19.2 Å². The van der Waals surface area contributed by atoms with Crippen molar-refractivity contribution < 1.29 is 68.8 Å². The van der Waals surface area contributed by atoms with E-state index in [1.54, 1.807) is 18.7 Å². The van der Waals surface area contributed by atoms with Crippen molar-refractivity contribution in [3.8, 4) is 11.5 Å². The largest absolute Gasteiger partial charge is 0.481 e. The summed E-state index contributed by atoms with van der Waals surface area (Å²) in [7, 11) is -7.40. The zero-order chi connectivity index (χ0) is 42.5. The summed E-state index contributed by atoms with van der Waals surface area (Å²) in [6.07, 6.45) is 0. The Kier molecular flexibility index (Phi) is 16.3. The summed E-state index contributed by atoms with van der Waals surface area (Å²) >= 11 is 0. The van der Waals surface area contributed by atoms with Gasteiger partial charge in [0.2, 0.25) is 26.0 Å². The van der Waals surface area contributed by atoms with Gasteiger partial charge in [-0.3, -0.25) is 9.59 Å². The standard InChI is InChI=1S/C18H22F2N2O5S.C13H14F2N2O3S.C5H10O3.ClH/c1-18(2,11-23)16(24)21-7-12-9-22(10-13(12)8-21)28(25,26)15-5-3-14(4-6-15)27-17(19)20;14-13(15)20-11-1-3-12(4-2-11)21(18,19)17-7-9-5-16-6-10(9)8-17;1-5(2,3-6)4(7)8;/h3-6,17,23H,7-11H2,1-2H3;1-4,13,16H,5-8H2;6H,3H2,1-2H3,(H,7,8);1H. The van der Waals surface area contributed by atoms with Crippen molar-refractivity contribution in [3.63, 3.8) is 0 Å². The maximum absolute atomic E-state index is 12.8. The van der Waals surface area contributed by atoms with Crippen LogP contribution in [0.5, 0.6) is 11.5 Å². The van der Waals surface area contributed by atoms with E-state index in [0.717, 1.165) is 35.4 Å². The molecule has 0 spiro atoms. The average molecular weight is 887 g/mol. The van der Waals surface area contributed by atoms with E-state index in [1.807, 2.05) is 0 Å². The number of benzene rings is 2. The molecule has 4 N–H and O–H groups in total. The fraction of sp³-hybridized carbons (Fsp3) is 0.500. The number of carbonyl (C=O) groups excluding carboxylic acids is 1. The summed E-state index contributed by atoms with van der Waals surface area (Å²) < 4.78 is 110. The average Bonchev–Trinajstić information content (AvgIpc) is 3.94. The molecule has 1 amide bonds. The van der Waals surface area contributed by atoms with Gasteiger partial charge in [0.25, 0.3) is 0 Å². The van der Waals surface area contributed by atoms with Crippen molar-refractivity contribution in [2.45, 2.75) is 50.7 Å². The molecule has 58 heavy (non-hydrogen) atoms. The normalized spacial score (nSPS) is 17.3. The Morgan fingerprint density at radius 1 is 0.655 bits per heavy atom. The Hall–Kier alpha value is -3.83. The van der Waals surface area contributed by atoms with Crippen molar-refractivity contribution in [2.75, 3.05) is 65.6 Å². The van der Waals surface area contributed by atoms with Gasteiger partial charge in [-0.25, -0.2) is 16.8 Å². The number of amides is 1. The minimum Gasteiger partial charge on any atom is -0.481 e. The molecule has 0 fully saturated rings. The van der Waals surface area contributed by atoms with Gasteiger partial charge in [0, 0.05) is 52.4 Å². The van der Waals surface area contributed by atoms with Crippen LogP contribution in [0, 0.1) is 10.8 Å². The quantitative estimate of drug-likeness (QED) is 0.180. The Morgan fingerprint density at radius 2 is 1.00 bits per heavy atom. The molecule has 0 aliphatic carbocycles. The summed E-state index contributed by atoms with van der Waals surface area (Å²) in [6.45, 7) is 3.03. The second kappa shape index (κ2) is 19.5. The van der Waals surface area contributed by atoms with Crippen LogP contribution in [0.25, 0.3) is 0 Å². The molecule has 2 aromatic carbocycles. The van der Waals surface area contributed by atoms with E-state index in [-0.39, 0.29) is 65.9 Å². The molecular weight excluding hydrogens is 840 g/mol. The van der Waals surface area contributed by atoms with Crippen LogP contribution >= 0.6 is 12.4 Å². The lowest BCUT2D eigenvalue weighted by Crippen LogP contribution is -2.43. The number of carbonyl (C=O) groups is 2. The van der Waals surface area contributed by atoms with E-state index in [1.165, 1.54) is 71.0 Å². The van der Waals surface area contributed by atoms with E-state index < -0.39 is 50.1 Å². The number of ether oxygens (including phenoxy) is 2. The first-order valence-electron chi connectivity index (χ1n) is 17.5. The molecule has 324 valence electrons. The van der Waals surface area contributed by atoms with Gasteiger partial charge < -0.3 is 35.0 Å². The van der Waals surface area contributed by atoms with Crippen molar-refractivity contribution in [3.05, 3.63) is 70.8 Å². The number of aliphatic carboxylic acids is 1. The SMILES string of the molecule is CC(C)(CO)C(=O)N1CC2=C(C1)CN(S(=O)(=O)c1ccc(OC(F)F)cc1)C2.CC(C)(CO)C(=O)O.Cl.O=S(=O)(c1ccc(OC(F)F)cc1)N1CC2=C(CNC2)C1. The summed E-state index contributed by atoms with van der Waals surface area (Å²) in [6, 6.07) is 9.88. The van der Waals surface area contributed by atoms with Crippen molar-refractivity contribution in [1.29, 1.82) is 0 Å². The molecule has 0 aromatic heterocycles. The van der Waals surface area contributed by atoms with E-state index in [4.69, 9.17) is 10.2 Å². The molecular formula is C36H47ClF4N4O11S2. The molecule has 6 rings (SSSR count). The smallest absolute Gasteiger partial charge is 0.387 e. The number of nitrogens with zero attached hydrogens (tertiary/aromatic N) is 3. The number of aliphatic hydroxyl groups excluding tert-OH is 2. The summed E-state index contributed by atoms with van der Waals surface area (Å²) in [5.41, 5.74) is 2.13. The van der Waals surface area contributed by atoms with Gasteiger partial charge in [0.05, 0.1) is 33.8 Å². The highest BCUT2D eigenvalue weighted by molar-refractivity contribution is 7.89. The number of nitrogens with one attached hydrogen (secondary N) is 1. The van der Waals surface area contributed by atoms with E-state index in [9.17, 15) is 49.1 Å². The number of hydrogen-bond acceptors (Lipinski definition) is 11. The summed E-state index contributed by atoms with van der Waals surface area (Å²) in [5, 5.41) is 29.2. The molecule has 0 bridgehead atoms. The maximum Gasteiger partial charge on any atom is 0.387 e. The van der Waals surface area contributed by atoms with Crippen LogP contribution in [0.1, 0.15) is 27.7 Å². The van der Waals surface area contributed by atoms with Gasteiger partial charge in [0.15, 0.2) is 0 Å². The van der Waals surface area contributed by atoms with Gasteiger partial charge in [-0.1, -0.05) is 0 Å². The van der Waals surface area contributed by atoms with Gasteiger partial charge in [-0.2, -0.15) is 26.2 Å². The van der Waals surface area contributed by atoms with Crippen molar-refractivity contribution in [2.24, 2.45) is 10.8 Å². The zero-order valence-electron chi connectivity index (χ0n) is 32.0. The molecule has 0 radical (unpaired) electrons. The first-order chi connectivity index (χ1) is 26.5. The second-order valence-electron chi connectivity index (χ2n) is 14.8. The highest BCUT2D eigenvalue weighted by atomic mass is 35.5. The van der Waals surface area contributed by atoms with Crippen LogP contribution in [0.15, 0.2) is 80.6 Å². The molecule has 4 heterocycles. The van der Waals surface area contributed by atoms with Crippen LogP contribution in [0.2, 0.25) is 0 Å². The van der Waals surface area contributed by atoms with E-state index >= 15 is 0 Å². The van der Waals surface area contributed by atoms with Gasteiger partial charge in [0.1, 0.15) is 11.5 Å². The minimum atomic E-state index is -3.79. The third-order valence-corrected chi connectivity index (χ3v) is 13.1. The predicted octanol–water partition coefficient (Wildman–Crippen LogP) is 3.15. The topological polar surface area (TPSA) is 203 Å². The van der Waals surface area contributed by atoms with E-state index in [0.29, 0.717) is 26.2 Å². The summed E-state index contributed by atoms with van der Waals surface area (Å²) in [4.78, 5) is 24.3. The molecule has 0 unspecified atom stereocenters. The monoisotopic (exact) mass is 886 g/mol. The van der Waals surface area contributed by atoms with Crippen LogP contribution in [0.3, 0.4) is 0 Å². The molecule has 0 saturated heterocycles. The number of rotatable bonds is 12. The number of carboxylic acid groups (broad SMARTS) is 1. The number of alkyl halides is 4. The maximum atomic E-state index is 12.8. The molecule has 2 aromatic rings. The fourth-order valence-corrected chi connectivity index (χ4v) is 8.77. The van der Waals surface area contributed by atoms with Gasteiger partial charge in [-0.15, -0.1) is 12.4 Å². The Labute approximate surface area is 340 Å². The van der Waals surface area contributed by atoms with Crippen LogP contribution < -0.4 is 14.8 Å². The minimum absolute atomic E-state index is 0. The number of aliphatic hydroxyl groups is 2. The number of halogens is 5. The van der Waals surface area contributed by atoms with Crippen molar-refractivity contribution >= 4 is 44.3 Å². The molecule has 4 aliphatic heterocycles. The first-order valence-corrected chi connectivity index (χ1v) is 20.3. The molecule has 4 aliphatic rings. The summed E-state index contributed by atoms with van der Waals surface area (Å²) in [5.74, 6) is -1.32. The fourth-order valence-electron chi connectivity index (χ4n) is 5.91. The third-order valence-electron chi connectivity index (χ3n) is 9.52. The molecule has 15 nitrogen and oxygen atoms in total. The lowest BCUT2D eigenvalue weighted by atomic mass is 9.93. The molecule has 22 heteroatoms. The highest BCUT2D eigenvalue weighted by Crippen LogP contribution is 2.33. The van der Waals surface area contributed by atoms with Crippen LogP contribution in [0.4, 0.5) is 17.6 Å². The van der Waals surface area contributed by atoms with Crippen LogP contribution in [-0.2, 0) is 29.6 Å². The number of carboxylic acids is 1. The highest BCUT2D eigenvalue weighted by Gasteiger charge is 2.41. The Balaban J connectivity index is 0.000000264.